The normalized spacial score (nSPS) is 10.8. The van der Waals surface area contributed by atoms with Crippen LogP contribution in [-0.4, -0.2) is 16.5 Å². The van der Waals surface area contributed by atoms with E-state index in [9.17, 15) is 0 Å². The van der Waals surface area contributed by atoms with Crippen LogP contribution in [0.15, 0.2) is 53.3 Å². The van der Waals surface area contributed by atoms with Crippen molar-refractivity contribution in [2.45, 2.75) is 0 Å². The summed E-state index contributed by atoms with van der Waals surface area (Å²) >= 11 is 3.45. The predicted octanol–water partition coefficient (Wildman–Crippen LogP) is 3.77. The smallest absolute Gasteiger partial charge is 0.138 e. The highest BCUT2D eigenvalue weighted by Gasteiger charge is 2.05. The first-order valence-electron chi connectivity index (χ1n) is 5.55. The Bertz CT molecular complexity index is 706. The minimum Gasteiger partial charge on any atom is -0.497 e. The van der Waals surface area contributed by atoms with Gasteiger partial charge in [-0.3, -0.25) is 0 Å². The van der Waals surface area contributed by atoms with Crippen molar-refractivity contribution in [2.24, 2.45) is 0 Å². The Morgan fingerprint density at radius 3 is 2.94 bits per heavy atom. The molecule has 0 radical (unpaired) electrons. The van der Waals surface area contributed by atoms with Crippen molar-refractivity contribution in [3.8, 4) is 17.0 Å². The van der Waals surface area contributed by atoms with Crippen LogP contribution in [-0.2, 0) is 0 Å². The van der Waals surface area contributed by atoms with Crippen molar-refractivity contribution in [1.82, 2.24) is 9.38 Å². The van der Waals surface area contributed by atoms with Crippen LogP contribution in [0.25, 0.3) is 16.9 Å². The van der Waals surface area contributed by atoms with E-state index < -0.39 is 0 Å². The standard InChI is InChI=1S/C14H11BrN2O/c1-18-12-4-2-3-10(7-12)13-9-17-6-5-11(15)8-14(17)16-13/h2-9H,1H3. The third-order valence-electron chi connectivity index (χ3n) is 2.79. The van der Waals surface area contributed by atoms with E-state index in [0.29, 0.717) is 0 Å². The van der Waals surface area contributed by atoms with Gasteiger partial charge in [-0.2, -0.15) is 0 Å². The van der Waals surface area contributed by atoms with Crippen molar-refractivity contribution in [2.75, 3.05) is 7.11 Å². The monoisotopic (exact) mass is 302 g/mol. The minimum absolute atomic E-state index is 0.839. The third kappa shape index (κ3) is 1.99. The van der Waals surface area contributed by atoms with Gasteiger partial charge in [0.1, 0.15) is 11.4 Å². The van der Waals surface area contributed by atoms with Gasteiger partial charge in [0.15, 0.2) is 0 Å². The van der Waals surface area contributed by atoms with Crippen LogP contribution in [0.2, 0.25) is 0 Å². The lowest BCUT2D eigenvalue weighted by Crippen LogP contribution is -1.83. The van der Waals surface area contributed by atoms with E-state index in [4.69, 9.17) is 4.74 Å². The Morgan fingerprint density at radius 1 is 1.22 bits per heavy atom. The number of rotatable bonds is 2. The summed E-state index contributed by atoms with van der Waals surface area (Å²) in [7, 11) is 1.67. The van der Waals surface area contributed by atoms with Crippen LogP contribution in [0.1, 0.15) is 0 Å². The molecule has 0 saturated carbocycles. The van der Waals surface area contributed by atoms with E-state index in [1.165, 1.54) is 0 Å². The number of hydrogen-bond acceptors (Lipinski definition) is 2. The van der Waals surface area contributed by atoms with Crippen molar-refractivity contribution in [3.63, 3.8) is 0 Å². The van der Waals surface area contributed by atoms with Gasteiger partial charge in [0, 0.05) is 22.4 Å². The topological polar surface area (TPSA) is 26.5 Å². The van der Waals surface area contributed by atoms with Crippen LogP contribution in [0, 0.1) is 0 Å². The quantitative estimate of drug-likeness (QED) is 0.720. The number of methoxy groups -OCH3 is 1. The fourth-order valence-corrected chi connectivity index (χ4v) is 2.20. The molecular weight excluding hydrogens is 292 g/mol. The van der Waals surface area contributed by atoms with Gasteiger partial charge in [0.25, 0.3) is 0 Å². The van der Waals surface area contributed by atoms with Gasteiger partial charge in [0.2, 0.25) is 0 Å². The highest BCUT2D eigenvalue weighted by atomic mass is 79.9. The number of hydrogen-bond donors (Lipinski definition) is 0. The van der Waals surface area contributed by atoms with Gasteiger partial charge in [0.05, 0.1) is 12.8 Å². The number of halogens is 1. The Balaban J connectivity index is 2.13. The first-order valence-corrected chi connectivity index (χ1v) is 6.34. The summed E-state index contributed by atoms with van der Waals surface area (Å²) in [4.78, 5) is 4.60. The Hall–Kier alpha value is -1.81. The second-order valence-corrected chi connectivity index (χ2v) is 4.88. The molecule has 0 aliphatic heterocycles. The third-order valence-corrected chi connectivity index (χ3v) is 3.28. The maximum atomic E-state index is 5.23. The molecule has 0 amide bonds. The molecule has 0 fully saturated rings. The predicted molar refractivity (Wildman–Crippen MR) is 74.9 cm³/mol. The number of ether oxygens (including phenoxy) is 1. The number of nitrogens with zero attached hydrogens (tertiary/aromatic N) is 2. The Labute approximate surface area is 113 Å². The lowest BCUT2D eigenvalue weighted by molar-refractivity contribution is 0.415. The number of aromatic nitrogens is 2. The molecule has 3 rings (SSSR count). The molecule has 0 atom stereocenters. The first kappa shape index (κ1) is 11.3. The van der Waals surface area contributed by atoms with Crippen LogP contribution >= 0.6 is 15.9 Å². The molecule has 0 saturated heterocycles. The van der Waals surface area contributed by atoms with Crippen LogP contribution in [0.4, 0.5) is 0 Å². The van der Waals surface area contributed by atoms with Crippen LogP contribution < -0.4 is 4.74 Å². The number of pyridine rings is 1. The summed E-state index contributed by atoms with van der Waals surface area (Å²) in [5.74, 6) is 0.839. The second-order valence-electron chi connectivity index (χ2n) is 3.97. The zero-order valence-electron chi connectivity index (χ0n) is 9.80. The van der Waals surface area contributed by atoms with Crippen LogP contribution in [0.3, 0.4) is 0 Å². The van der Waals surface area contributed by atoms with Crippen molar-refractivity contribution >= 4 is 21.6 Å². The molecule has 3 aromatic rings. The number of fused-ring (bicyclic) bond motifs is 1. The molecule has 4 heteroatoms. The highest BCUT2D eigenvalue weighted by Crippen LogP contribution is 2.24. The van der Waals surface area contributed by atoms with E-state index in [1.54, 1.807) is 7.11 Å². The van der Waals surface area contributed by atoms with E-state index in [1.807, 2.05) is 53.2 Å². The highest BCUT2D eigenvalue weighted by molar-refractivity contribution is 9.10. The molecule has 0 N–H and O–H groups in total. The SMILES string of the molecule is COc1cccc(-c2cn3ccc(Br)cc3n2)c1. The number of benzene rings is 1. The summed E-state index contributed by atoms with van der Waals surface area (Å²) in [5, 5.41) is 0. The average molecular weight is 303 g/mol. The van der Waals surface area contributed by atoms with Gasteiger partial charge in [-0.25, -0.2) is 4.98 Å². The fraction of sp³-hybridized carbons (Fsp3) is 0.0714. The molecule has 90 valence electrons. The molecule has 18 heavy (non-hydrogen) atoms. The lowest BCUT2D eigenvalue weighted by atomic mass is 10.1. The zero-order valence-corrected chi connectivity index (χ0v) is 11.4. The van der Waals surface area contributed by atoms with E-state index in [0.717, 1.165) is 27.1 Å². The van der Waals surface area contributed by atoms with Gasteiger partial charge >= 0.3 is 0 Å². The van der Waals surface area contributed by atoms with Crippen molar-refractivity contribution in [3.05, 3.63) is 53.3 Å². The maximum absolute atomic E-state index is 5.23. The fourth-order valence-electron chi connectivity index (χ4n) is 1.88. The summed E-state index contributed by atoms with van der Waals surface area (Å²) < 4.78 is 8.25. The van der Waals surface area contributed by atoms with E-state index in [-0.39, 0.29) is 0 Å². The maximum Gasteiger partial charge on any atom is 0.138 e. The average Bonchev–Trinajstić information content (AvgIpc) is 2.81. The molecule has 0 spiro atoms. The largest absolute Gasteiger partial charge is 0.497 e. The first-order chi connectivity index (χ1) is 8.76. The summed E-state index contributed by atoms with van der Waals surface area (Å²) in [6.07, 6.45) is 3.99. The van der Waals surface area contributed by atoms with Gasteiger partial charge in [-0.15, -0.1) is 0 Å². The molecule has 2 heterocycles. The molecule has 1 aromatic carbocycles. The van der Waals surface area contributed by atoms with Gasteiger partial charge in [-0.05, 0) is 24.3 Å². The van der Waals surface area contributed by atoms with Crippen LogP contribution in [0.5, 0.6) is 5.75 Å². The summed E-state index contributed by atoms with van der Waals surface area (Å²) in [6, 6.07) is 11.9. The molecule has 2 aromatic heterocycles. The number of imidazole rings is 1. The summed E-state index contributed by atoms with van der Waals surface area (Å²) in [5.41, 5.74) is 2.91. The minimum atomic E-state index is 0.839. The molecule has 0 aliphatic rings. The molecule has 3 nitrogen and oxygen atoms in total. The molecule has 0 bridgehead atoms. The van der Waals surface area contributed by atoms with E-state index in [2.05, 4.69) is 20.9 Å². The van der Waals surface area contributed by atoms with E-state index >= 15 is 0 Å². The van der Waals surface area contributed by atoms with Crippen molar-refractivity contribution < 1.29 is 4.74 Å². The zero-order chi connectivity index (χ0) is 12.5. The second kappa shape index (κ2) is 4.46. The van der Waals surface area contributed by atoms with Gasteiger partial charge in [-0.1, -0.05) is 28.1 Å². The Kier molecular flexibility index (Phi) is 2.80. The van der Waals surface area contributed by atoms with Gasteiger partial charge < -0.3 is 9.14 Å². The molecule has 0 unspecified atom stereocenters. The van der Waals surface area contributed by atoms with Crippen molar-refractivity contribution in [1.29, 1.82) is 0 Å². The Morgan fingerprint density at radius 2 is 2.11 bits per heavy atom. The molecule has 0 aliphatic carbocycles. The molecular formula is C14H11BrN2O. The lowest BCUT2D eigenvalue weighted by Gasteiger charge is -2.00. The summed E-state index contributed by atoms with van der Waals surface area (Å²) in [6.45, 7) is 0.